The third kappa shape index (κ3) is 52.9. The van der Waals surface area contributed by atoms with Crippen LogP contribution in [0.2, 0.25) is 0 Å². The predicted octanol–water partition coefficient (Wildman–Crippen LogP) is 19.5. The highest BCUT2D eigenvalue weighted by Gasteiger charge is 2.19. The van der Waals surface area contributed by atoms with Gasteiger partial charge < -0.3 is 14.2 Å². The molecule has 0 bridgehead atoms. The molecule has 0 heterocycles. The van der Waals surface area contributed by atoms with E-state index in [4.69, 9.17) is 14.2 Å². The Morgan fingerprint density at radius 2 is 0.500 bits per heavy atom. The summed E-state index contributed by atoms with van der Waals surface area (Å²) in [5, 5.41) is 0. The summed E-state index contributed by atoms with van der Waals surface area (Å²) in [4.78, 5) is 37.9. The summed E-state index contributed by atoms with van der Waals surface area (Å²) in [6.45, 7) is 6.62. The van der Waals surface area contributed by atoms with Crippen molar-refractivity contribution in [3.05, 3.63) is 24.3 Å². The summed E-state index contributed by atoms with van der Waals surface area (Å²) in [6.07, 6.45) is 64.9. The molecule has 0 N–H and O–H groups in total. The molecule has 0 aliphatic carbocycles. The van der Waals surface area contributed by atoms with Crippen LogP contribution in [0, 0.1) is 0 Å². The van der Waals surface area contributed by atoms with E-state index < -0.39 is 6.10 Å². The van der Waals surface area contributed by atoms with Crippen molar-refractivity contribution in [1.82, 2.24) is 0 Å². The zero-order valence-electron chi connectivity index (χ0n) is 44.5. The number of ether oxygens (including phenoxy) is 3. The van der Waals surface area contributed by atoms with E-state index in [1.165, 1.54) is 225 Å². The minimum atomic E-state index is -0.768. The van der Waals surface area contributed by atoms with E-state index in [1.807, 2.05) is 0 Å². The summed E-state index contributed by atoms with van der Waals surface area (Å²) >= 11 is 0. The number of esters is 3. The van der Waals surface area contributed by atoms with Gasteiger partial charge in [0.2, 0.25) is 0 Å². The van der Waals surface area contributed by atoms with Crippen LogP contribution >= 0.6 is 0 Å². The van der Waals surface area contributed by atoms with Crippen LogP contribution in [-0.4, -0.2) is 37.2 Å². The van der Waals surface area contributed by atoms with Crippen molar-refractivity contribution in [3.8, 4) is 0 Å². The zero-order valence-corrected chi connectivity index (χ0v) is 44.5. The molecule has 1 atom stereocenters. The number of carbonyl (C=O) groups excluding carboxylic acids is 3. The Balaban J connectivity index is 4.11. The third-order valence-corrected chi connectivity index (χ3v) is 13.2. The standard InChI is InChI=1S/C60H112O6/c1-4-7-10-13-16-18-20-22-24-26-28-30-32-34-36-38-40-42-44-47-50-53-59(62)65-56-57(55-64-58(61)52-49-46-15-12-9-6-3)66-60(63)54-51-48-45-43-41-39-37-35-33-31-29-27-25-23-21-19-17-14-11-8-5-2/h26-29,57H,4-25,30-56H2,1-3H3/b28-26-,29-27-. The van der Waals surface area contributed by atoms with Gasteiger partial charge in [-0.2, -0.15) is 0 Å². The van der Waals surface area contributed by atoms with Crippen LogP contribution in [-0.2, 0) is 28.6 Å². The second kappa shape index (κ2) is 55.5. The summed E-state index contributed by atoms with van der Waals surface area (Å²) in [5.41, 5.74) is 0. The molecular formula is C60H112O6. The van der Waals surface area contributed by atoms with E-state index in [-0.39, 0.29) is 31.1 Å². The Hall–Kier alpha value is -2.11. The first-order valence-corrected chi connectivity index (χ1v) is 29.3. The molecule has 0 aliphatic heterocycles. The van der Waals surface area contributed by atoms with Crippen LogP contribution < -0.4 is 0 Å². The van der Waals surface area contributed by atoms with Crippen molar-refractivity contribution in [1.29, 1.82) is 0 Å². The second-order valence-corrected chi connectivity index (χ2v) is 19.9. The van der Waals surface area contributed by atoms with Crippen molar-refractivity contribution in [2.24, 2.45) is 0 Å². The Bertz CT molecular complexity index is 1070. The number of allylic oxidation sites excluding steroid dienone is 4. The first-order valence-electron chi connectivity index (χ1n) is 29.3. The van der Waals surface area contributed by atoms with Crippen molar-refractivity contribution < 1.29 is 28.6 Å². The molecule has 0 spiro atoms. The first kappa shape index (κ1) is 63.9. The second-order valence-electron chi connectivity index (χ2n) is 19.9. The van der Waals surface area contributed by atoms with Crippen LogP contribution in [0.1, 0.15) is 323 Å². The third-order valence-electron chi connectivity index (χ3n) is 13.2. The minimum Gasteiger partial charge on any atom is -0.462 e. The molecule has 0 aliphatic rings. The molecule has 0 amide bonds. The summed E-state index contributed by atoms with van der Waals surface area (Å²) < 4.78 is 16.8. The number of rotatable bonds is 54. The fourth-order valence-electron chi connectivity index (χ4n) is 8.73. The van der Waals surface area contributed by atoms with Gasteiger partial charge in [-0.15, -0.1) is 0 Å². The highest BCUT2D eigenvalue weighted by molar-refractivity contribution is 5.71. The van der Waals surface area contributed by atoms with Gasteiger partial charge in [-0.1, -0.05) is 257 Å². The maximum Gasteiger partial charge on any atom is 0.306 e. The van der Waals surface area contributed by atoms with Gasteiger partial charge in [0.25, 0.3) is 0 Å². The number of hydrogen-bond donors (Lipinski definition) is 0. The van der Waals surface area contributed by atoms with Gasteiger partial charge in [0.15, 0.2) is 6.10 Å². The lowest BCUT2D eigenvalue weighted by molar-refractivity contribution is -0.167. The van der Waals surface area contributed by atoms with Crippen LogP contribution in [0.15, 0.2) is 24.3 Å². The van der Waals surface area contributed by atoms with Crippen molar-refractivity contribution in [2.45, 2.75) is 329 Å². The molecular weight excluding hydrogens is 817 g/mol. The lowest BCUT2D eigenvalue weighted by Gasteiger charge is -2.18. The summed E-state index contributed by atoms with van der Waals surface area (Å²) in [5.74, 6) is -0.866. The van der Waals surface area contributed by atoms with Crippen LogP contribution in [0.5, 0.6) is 0 Å². The summed E-state index contributed by atoms with van der Waals surface area (Å²) in [7, 11) is 0. The monoisotopic (exact) mass is 929 g/mol. The smallest absolute Gasteiger partial charge is 0.306 e. The molecule has 0 fully saturated rings. The Morgan fingerprint density at radius 1 is 0.288 bits per heavy atom. The number of hydrogen-bond acceptors (Lipinski definition) is 6. The van der Waals surface area contributed by atoms with E-state index in [2.05, 4.69) is 45.1 Å². The molecule has 388 valence electrons. The summed E-state index contributed by atoms with van der Waals surface area (Å²) in [6, 6.07) is 0. The van der Waals surface area contributed by atoms with E-state index in [1.54, 1.807) is 0 Å². The molecule has 6 heteroatoms. The average molecular weight is 930 g/mol. The lowest BCUT2D eigenvalue weighted by atomic mass is 10.1. The maximum atomic E-state index is 12.8. The van der Waals surface area contributed by atoms with Crippen LogP contribution in [0.4, 0.5) is 0 Å². The Labute approximate surface area is 411 Å². The SMILES string of the molecule is CCCCCCCCCC/C=C\CCCCCCCCCCCC(=O)OCC(COC(=O)CCCCCCCC)OC(=O)CCCCCCCCCCC/C=C\CCCCCCCCCC. The van der Waals surface area contributed by atoms with Crippen LogP contribution in [0.3, 0.4) is 0 Å². The van der Waals surface area contributed by atoms with Gasteiger partial charge in [0.05, 0.1) is 0 Å². The normalized spacial score (nSPS) is 12.1. The molecule has 0 aromatic carbocycles. The molecule has 6 nitrogen and oxygen atoms in total. The molecule has 0 radical (unpaired) electrons. The predicted molar refractivity (Wildman–Crippen MR) is 284 cm³/mol. The van der Waals surface area contributed by atoms with E-state index in [0.29, 0.717) is 19.3 Å². The van der Waals surface area contributed by atoms with Crippen molar-refractivity contribution in [3.63, 3.8) is 0 Å². The lowest BCUT2D eigenvalue weighted by Crippen LogP contribution is -2.30. The fraction of sp³-hybridized carbons (Fsp3) is 0.883. The molecule has 0 saturated carbocycles. The van der Waals surface area contributed by atoms with E-state index >= 15 is 0 Å². The molecule has 0 aromatic heterocycles. The van der Waals surface area contributed by atoms with Gasteiger partial charge in [0, 0.05) is 19.3 Å². The van der Waals surface area contributed by atoms with Crippen molar-refractivity contribution >= 4 is 17.9 Å². The average Bonchev–Trinajstić information content (AvgIpc) is 3.31. The van der Waals surface area contributed by atoms with Gasteiger partial charge in [-0.05, 0) is 70.6 Å². The minimum absolute atomic E-state index is 0.0699. The fourth-order valence-corrected chi connectivity index (χ4v) is 8.73. The maximum absolute atomic E-state index is 12.8. The van der Waals surface area contributed by atoms with Gasteiger partial charge >= 0.3 is 17.9 Å². The number of unbranched alkanes of at least 4 members (excludes halogenated alkanes) is 39. The zero-order chi connectivity index (χ0) is 47.9. The molecule has 66 heavy (non-hydrogen) atoms. The molecule has 0 aromatic rings. The van der Waals surface area contributed by atoms with Gasteiger partial charge in [0.1, 0.15) is 13.2 Å². The van der Waals surface area contributed by atoms with Gasteiger partial charge in [-0.25, -0.2) is 0 Å². The number of carbonyl (C=O) groups is 3. The highest BCUT2D eigenvalue weighted by atomic mass is 16.6. The highest BCUT2D eigenvalue weighted by Crippen LogP contribution is 2.16. The quantitative estimate of drug-likeness (QED) is 0.0262. The van der Waals surface area contributed by atoms with Crippen molar-refractivity contribution in [2.75, 3.05) is 13.2 Å². The largest absolute Gasteiger partial charge is 0.462 e. The topological polar surface area (TPSA) is 78.9 Å². The molecule has 1 unspecified atom stereocenters. The van der Waals surface area contributed by atoms with Gasteiger partial charge in [-0.3, -0.25) is 14.4 Å². The molecule has 0 saturated heterocycles. The first-order chi connectivity index (χ1) is 32.5. The van der Waals surface area contributed by atoms with Crippen LogP contribution in [0.25, 0.3) is 0 Å². The molecule has 0 rings (SSSR count). The Morgan fingerprint density at radius 3 is 0.758 bits per heavy atom. The van der Waals surface area contributed by atoms with E-state index in [0.717, 1.165) is 57.8 Å². The van der Waals surface area contributed by atoms with E-state index in [9.17, 15) is 14.4 Å². The Kier molecular flexibility index (Phi) is 53.7.